The highest BCUT2D eigenvalue weighted by Crippen LogP contribution is 2.43. The third-order valence-corrected chi connectivity index (χ3v) is 5.64. The van der Waals surface area contributed by atoms with Gasteiger partial charge in [0.2, 0.25) is 0 Å². The minimum absolute atomic E-state index is 0.117. The van der Waals surface area contributed by atoms with Gasteiger partial charge < -0.3 is 9.47 Å². The van der Waals surface area contributed by atoms with Crippen LogP contribution in [-0.4, -0.2) is 19.7 Å². The first kappa shape index (κ1) is 17.1. The monoisotopic (exact) mass is 350 g/mol. The van der Waals surface area contributed by atoms with E-state index in [1.165, 1.54) is 25.5 Å². The first-order valence-corrected chi connectivity index (χ1v) is 9.61. The number of esters is 1. The van der Waals surface area contributed by atoms with Crippen LogP contribution in [0.4, 0.5) is 0 Å². The van der Waals surface area contributed by atoms with E-state index in [1.807, 2.05) is 0 Å². The molecular formula is C23H26O3. The molecular weight excluding hydrogens is 324 g/mol. The molecule has 0 N–H and O–H groups in total. The molecule has 2 aromatic carbocycles. The third kappa shape index (κ3) is 3.35. The predicted molar refractivity (Wildman–Crippen MR) is 103 cm³/mol. The lowest BCUT2D eigenvalue weighted by atomic mass is 9.83. The first-order chi connectivity index (χ1) is 12.7. The Bertz CT molecular complexity index is 820. The van der Waals surface area contributed by atoms with Crippen LogP contribution in [0.2, 0.25) is 0 Å². The summed E-state index contributed by atoms with van der Waals surface area (Å²) in [5.74, 6) is 1.35. The van der Waals surface area contributed by atoms with Crippen molar-refractivity contribution in [2.24, 2.45) is 5.92 Å². The Labute approximate surface area is 155 Å². The maximum absolute atomic E-state index is 12.6. The number of carbonyl (C=O) groups is 1. The Hall–Kier alpha value is -2.29. The minimum Gasteiger partial charge on any atom is -0.493 e. The molecule has 1 aliphatic carbocycles. The molecule has 0 aromatic heterocycles. The summed E-state index contributed by atoms with van der Waals surface area (Å²) in [4.78, 5) is 12.6. The SMILES string of the molecule is COC(=O)C(CC1CC1)c1c(C)cccc1-c1ccc2c(c1)CCCO2. The summed E-state index contributed by atoms with van der Waals surface area (Å²) in [5.41, 5.74) is 5.86. The molecule has 2 aromatic rings. The topological polar surface area (TPSA) is 35.5 Å². The van der Waals surface area contributed by atoms with E-state index in [0.717, 1.165) is 53.9 Å². The number of ether oxygens (including phenoxy) is 2. The predicted octanol–water partition coefficient (Wildman–Crippen LogP) is 5.04. The fourth-order valence-corrected chi connectivity index (χ4v) is 4.08. The van der Waals surface area contributed by atoms with Crippen molar-refractivity contribution in [1.82, 2.24) is 0 Å². The maximum atomic E-state index is 12.6. The summed E-state index contributed by atoms with van der Waals surface area (Å²) in [5, 5.41) is 0. The maximum Gasteiger partial charge on any atom is 0.313 e. The van der Waals surface area contributed by atoms with E-state index in [-0.39, 0.29) is 11.9 Å². The highest BCUT2D eigenvalue weighted by molar-refractivity contribution is 5.83. The van der Waals surface area contributed by atoms with Crippen LogP contribution < -0.4 is 4.74 Å². The van der Waals surface area contributed by atoms with Gasteiger partial charge in [-0.3, -0.25) is 4.79 Å². The Morgan fingerprint density at radius 3 is 2.88 bits per heavy atom. The van der Waals surface area contributed by atoms with Gasteiger partial charge in [-0.1, -0.05) is 37.1 Å². The Balaban J connectivity index is 1.79. The fraction of sp³-hybridized carbons (Fsp3) is 0.435. The highest BCUT2D eigenvalue weighted by atomic mass is 16.5. The molecule has 0 spiro atoms. The quantitative estimate of drug-likeness (QED) is 0.708. The van der Waals surface area contributed by atoms with E-state index in [9.17, 15) is 4.79 Å². The molecule has 1 unspecified atom stereocenters. The highest BCUT2D eigenvalue weighted by Gasteiger charge is 2.33. The Morgan fingerprint density at radius 2 is 2.12 bits per heavy atom. The van der Waals surface area contributed by atoms with Crippen LogP contribution in [-0.2, 0) is 16.0 Å². The third-order valence-electron chi connectivity index (χ3n) is 5.64. The zero-order valence-electron chi connectivity index (χ0n) is 15.6. The molecule has 3 heteroatoms. The van der Waals surface area contributed by atoms with Crippen LogP contribution in [0.3, 0.4) is 0 Å². The second kappa shape index (κ2) is 7.14. The standard InChI is InChI=1S/C23H26O3/c1-15-5-3-7-19(17-10-11-21-18(14-17)6-4-12-26-21)22(15)20(23(24)25-2)13-16-8-9-16/h3,5,7,10-11,14,16,20H,4,6,8-9,12-13H2,1-2H3. The van der Waals surface area contributed by atoms with Crippen molar-refractivity contribution in [3.8, 4) is 16.9 Å². The summed E-state index contributed by atoms with van der Waals surface area (Å²) in [6, 6.07) is 12.7. The number of benzene rings is 2. The number of fused-ring (bicyclic) bond motifs is 1. The van der Waals surface area contributed by atoms with E-state index in [0.29, 0.717) is 5.92 Å². The van der Waals surface area contributed by atoms with Gasteiger partial charge in [0.05, 0.1) is 19.6 Å². The first-order valence-electron chi connectivity index (χ1n) is 9.61. The largest absolute Gasteiger partial charge is 0.493 e. The summed E-state index contributed by atoms with van der Waals surface area (Å²) in [7, 11) is 1.50. The van der Waals surface area contributed by atoms with Crippen LogP contribution in [0.1, 0.15) is 48.3 Å². The zero-order chi connectivity index (χ0) is 18.1. The molecule has 0 bridgehead atoms. The van der Waals surface area contributed by atoms with Crippen molar-refractivity contribution < 1.29 is 14.3 Å². The van der Waals surface area contributed by atoms with Gasteiger partial charge in [0.1, 0.15) is 5.75 Å². The molecule has 1 fully saturated rings. The summed E-state index contributed by atoms with van der Waals surface area (Å²) in [6.07, 6.45) is 5.45. The van der Waals surface area contributed by atoms with Crippen LogP contribution >= 0.6 is 0 Å². The van der Waals surface area contributed by atoms with E-state index in [1.54, 1.807) is 0 Å². The van der Waals surface area contributed by atoms with Gasteiger partial charge in [0, 0.05) is 0 Å². The van der Waals surface area contributed by atoms with Crippen LogP contribution in [0.5, 0.6) is 5.75 Å². The minimum atomic E-state index is -0.184. The van der Waals surface area contributed by atoms with Gasteiger partial charge in [0.15, 0.2) is 0 Å². The molecule has 4 rings (SSSR count). The van der Waals surface area contributed by atoms with Crippen LogP contribution in [0, 0.1) is 12.8 Å². The molecule has 0 saturated heterocycles. The molecule has 2 aliphatic rings. The van der Waals surface area contributed by atoms with Gasteiger partial charge in [-0.15, -0.1) is 0 Å². The number of methoxy groups -OCH3 is 1. The van der Waals surface area contributed by atoms with E-state index < -0.39 is 0 Å². The van der Waals surface area contributed by atoms with E-state index in [2.05, 4.69) is 43.3 Å². The second-order valence-corrected chi connectivity index (χ2v) is 7.57. The molecule has 26 heavy (non-hydrogen) atoms. The molecule has 1 aliphatic heterocycles. The van der Waals surface area contributed by atoms with E-state index in [4.69, 9.17) is 9.47 Å². The average Bonchev–Trinajstić information content (AvgIpc) is 3.49. The molecule has 1 saturated carbocycles. The van der Waals surface area contributed by atoms with Gasteiger partial charge in [-0.2, -0.15) is 0 Å². The van der Waals surface area contributed by atoms with E-state index >= 15 is 0 Å². The number of aryl methyl sites for hydroxylation is 2. The number of carbonyl (C=O) groups excluding carboxylic acids is 1. The molecule has 136 valence electrons. The second-order valence-electron chi connectivity index (χ2n) is 7.57. The van der Waals surface area contributed by atoms with Crippen molar-refractivity contribution in [3.05, 3.63) is 53.1 Å². The lowest BCUT2D eigenvalue weighted by Crippen LogP contribution is -2.17. The number of rotatable bonds is 5. The smallest absolute Gasteiger partial charge is 0.313 e. The summed E-state index contributed by atoms with van der Waals surface area (Å²) in [6.45, 7) is 2.90. The average molecular weight is 350 g/mol. The molecule has 0 amide bonds. The molecule has 1 atom stereocenters. The summed E-state index contributed by atoms with van der Waals surface area (Å²) < 4.78 is 10.9. The van der Waals surface area contributed by atoms with Crippen molar-refractivity contribution in [2.75, 3.05) is 13.7 Å². The number of hydrogen-bond acceptors (Lipinski definition) is 3. The lowest BCUT2D eigenvalue weighted by Gasteiger charge is -2.23. The van der Waals surface area contributed by atoms with Gasteiger partial charge in [-0.25, -0.2) is 0 Å². The molecule has 3 nitrogen and oxygen atoms in total. The normalized spacial score (nSPS) is 17.2. The summed E-state index contributed by atoms with van der Waals surface area (Å²) >= 11 is 0. The fourth-order valence-electron chi connectivity index (χ4n) is 4.08. The Morgan fingerprint density at radius 1 is 1.27 bits per heavy atom. The van der Waals surface area contributed by atoms with Crippen molar-refractivity contribution in [1.29, 1.82) is 0 Å². The molecule has 1 heterocycles. The Kier molecular flexibility index (Phi) is 4.71. The van der Waals surface area contributed by atoms with Crippen molar-refractivity contribution in [3.63, 3.8) is 0 Å². The lowest BCUT2D eigenvalue weighted by molar-refractivity contribution is -0.142. The van der Waals surface area contributed by atoms with Crippen LogP contribution in [0.25, 0.3) is 11.1 Å². The van der Waals surface area contributed by atoms with Gasteiger partial charge in [-0.05, 0) is 72.1 Å². The van der Waals surface area contributed by atoms with Gasteiger partial charge in [0.25, 0.3) is 0 Å². The molecule has 0 radical (unpaired) electrons. The van der Waals surface area contributed by atoms with Crippen molar-refractivity contribution in [2.45, 2.75) is 44.9 Å². The number of hydrogen-bond donors (Lipinski definition) is 0. The zero-order valence-corrected chi connectivity index (χ0v) is 15.6. The van der Waals surface area contributed by atoms with Gasteiger partial charge >= 0.3 is 5.97 Å². The van der Waals surface area contributed by atoms with Crippen molar-refractivity contribution >= 4 is 5.97 Å². The van der Waals surface area contributed by atoms with Crippen LogP contribution in [0.15, 0.2) is 36.4 Å².